The Morgan fingerprint density at radius 3 is 1.15 bits per heavy atom. The molecule has 0 amide bonds. The van der Waals surface area contributed by atoms with Crippen LogP contribution < -0.4 is 20.0 Å². The molecule has 0 bridgehead atoms. The van der Waals surface area contributed by atoms with E-state index in [9.17, 15) is 0 Å². The highest BCUT2D eigenvalue weighted by Gasteiger charge is 2.23. The lowest BCUT2D eigenvalue weighted by Gasteiger charge is -2.28. The normalized spacial score (nSPS) is 10.9. The molecule has 0 saturated carbocycles. The Balaban J connectivity index is 1.21. The van der Waals surface area contributed by atoms with E-state index in [1.165, 1.54) is 5.56 Å². The van der Waals surface area contributed by atoms with Crippen molar-refractivity contribution in [2.24, 2.45) is 0 Å². The minimum atomic E-state index is -0.00940. The third-order valence-corrected chi connectivity index (χ3v) is 9.89. The van der Waals surface area contributed by atoms with Gasteiger partial charge in [-0.15, -0.1) is 0 Å². The van der Waals surface area contributed by atoms with Crippen molar-refractivity contribution in [2.75, 3.05) is 20.0 Å². The molecule has 0 unspecified atom stereocenters. The monoisotopic (exact) mass is 834 g/mol. The van der Waals surface area contributed by atoms with Gasteiger partial charge in [-0.3, -0.25) is 0 Å². The third kappa shape index (κ3) is 10.3. The number of aromatic nitrogens is 6. The summed E-state index contributed by atoms with van der Waals surface area (Å²) in [5.41, 5.74) is 7.69. The van der Waals surface area contributed by atoms with Crippen molar-refractivity contribution in [1.29, 1.82) is 0 Å². The van der Waals surface area contributed by atoms with Crippen LogP contribution in [0.3, 0.4) is 0 Å². The van der Waals surface area contributed by atoms with Crippen LogP contribution in [0.15, 0.2) is 170 Å². The fourth-order valence-corrected chi connectivity index (χ4v) is 7.06. The van der Waals surface area contributed by atoms with Crippen LogP contribution in [0.1, 0.15) is 22.3 Å². The molecule has 6 aromatic carbocycles. The Kier molecular flexibility index (Phi) is 12.5. The van der Waals surface area contributed by atoms with Gasteiger partial charge in [-0.1, -0.05) is 133 Å². The zero-order valence-electron chi connectivity index (χ0n) is 31.7. The highest BCUT2D eigenvalue weighted by atomic mass is 35.5. The van der Waals surface area contributed by atoms with E-state index in [0.29, 0.717) is 44.0 Å². The molecule has 0 radical (unpaired) electrons. The van der Waals surface area contributed by atoms with Crippen LogP contribution in [0.25, 0.3) is 0 Å². The first-order valence-electron chi connectivity index (χ1n) is 18.8. The van der Waals surface area contributed by atoms with Crippen molar-refractivity contribution >= 4 is 75.4 Å². The van der Waals surface area contributed by atoms with Gasteiger partial charge in [-0.25, -0.2) is 0 Å². The van der Waals surface area contributed by atoms with Crippen LogP contribution in [0.2, 0.25) is 15.9 Å². The van der Waals surface area contributed by atoms with E-state index < -0.39 is 0 Å². The first kappa shape index (κ1) is 39.2. The van der Waals surface area contributed by atoms with Crippen molar-refractivity contribution in [3.8, 4) is 0 Å². The van der Waals surface area contributed by atoms with Gasteiger partial charge >= 0.3 is 0 Å². The molecule has 13 heteroatoms. The van der Waals surface area contributed by atoms with Gasteiger partial charge in [-0.2, -0.15) is 29.9 Å². The molecular formula is C46H37Cl3N10. The SMILES string of the molecule is Clc1nc(Cl)nc(N(Cc2ccccc2)c2cccc(N(Cc3ccccc3)c3nc(Cl)nc(N(Cc4ccccc4)c4cccc(NCc5ccccc5)c4)n3)c2)n1. The lowest BCUT2D eigenvalue weighted by atomic mass is 10.1. The van der Waals surface area contributed by atoms with Crippen LogP contribution in [0.4, 0.5) is 40.6 Å². The molecule has 2 aromatic heterocycles. The second kappa shape index (κ2) is 18.8. The average Bonchev–Trinajstić information content (AvgIpc) is 3.27. The van der Waals surface area contributed by atoms with Crippen molar-refractivity contribution in [3.05, 3.63) is 208 Å². The van der Waals surface area contributed by atoms with E-state index in [2.05, 4.69) is 62.7 Å². The summed E-state index contributed by atoms with van der Waals surface area (Å²) in [5.74, 6) is 1.05. The number of hydrogen-bond acceptors (Lipinski definition) is 10. The topological polar surface area (TPSA) is 99.1 Å². The molecule has 10 nitrogen and oxygen atoms in total. The highest BCUT2D eigenvalue weighted by Crippen LogP contribution is 2.35. The molecule has 2 heterocycles. The minimum absolute atomic E-state index is 0.00940. The van der Waals surface area contributed by atoms with E-state index in [0.717, 1.165) is 39.4 Å². The van der Waals surface area contributed by atoms with Crippen LogP contribution >= 0.6 is 34.8 Å². The van der Waals surface area contributed by atoms with Crippen molar-refractivity contribution in [2.45, 2.75) is 26.2 Å². The number of nitrogens with zero attached hydrogens (tertiary/aromatic N) is 9. The van der Waals surface area contributed by atoms with Gasteiger partial charge in [0.05, 0.1) is 19.6 Å². The Bertz CT molecular complexity index is 2590. The van der Waals surface area contributed by atoms with Crippen molar-refractivity contribution < 1.29 is 0 Å². The van der Waals surface area contributed by atoms with E-state index in [4.69, 9.17) is 49.8 Å². The number of benzene rings is 6. The second-order valence-electron chi connectivity index (χ2n) is 13.5. The summed E-state index contributed by atoms with van der Waals surface area (Å²) in [4.78, 5) is 33.5. The summed E-state index contributed by atoms with van der Waals surface area (Å²) in [6, 6.07) is 56.8. The van der Waals surface area contributed by atoms with Gasteiger partial charge in [0.1, 0.15) is 0 Å². The number of halogens is 3. The number of nitrogens with one attached hydrogen (secondary N) is 1. The molecule has 8 aromatic rings. The van der Waals surface area contributed by atoms with Crippen molar-refractivity contribution in [3.63, 3.8) is 0 Å². The van der Waals surface area contributed by atoms with Crippen LogP contribution in [-0.2, 0) is 26.2 Å². The van der Waals surface area contributed by atoms with Crippen LogP contribution in [0, 0.1) is 0 Å². The summed E-state index contributed by atoms with van der Waals surface area (Å²) >= 11 is 19.5. The zero-order chi connectivity index (χ0) is 40.4. The molecule has 8 rings (SSSR count). The van der Waals surface area contributed by atoms with E-state index in [1.54, 1.807) is 0 Å². The quantitative estimate of drug-likeness (QED) is 0.107. The first-order valence-corrected chi connectivity index (χ1v) is 20.0. The Morgan fingerprint density at radius 1 is 0.356 bits per heavy atom. The third-order valence-electron chi connectivity index (χ3n) is 9.38. The fraction of sp³-hybridized carbons (Fsp3) is 0.0870. The average molecular weight is 836 g/mol. The van der Waals surface area contributed by atoms with Gasteiger partial charge in [0.15, 0.2) is 0 Å². The predicted octanol–water partition coefficient (Wildman–Crippen LogP) is 11.6. The maximum absolute atomic E-state index is 6.87. The van der Waals surface area contributed by atoms with E-state index in [1.807, 2.05) is 142 Å². The van der Waals surface area contributed by atoms with Gasteiger partial charge in [0.2, 0.25) is 33.7 Å². The molecule has 59 heavy (non-hydrogen) atoms. The first-order chi connectivity index (χ1) is 28.9. The number of hydrogen-bond donors (Lipinski definition) is 1. The van der Waals surface area contributed by atoms with Gasteiger partial charge in [-0.05, 0) is 93.5 Å². The van der Waals surface area contributed by atoms with E-state index >= 15 is 0 Å². The smallest absolute Gasteiger partial charge is 0.236 e. The number of rotatable bonds is 15. The number of anilines is 7. The fourth-order valence-electron chi connectivity index (χ4n) is 6.55. The van der Waals surface area contributed by atoms with Crippen molar-refractivity contribution in [1.82, 2.24) is 29.9 Å². The Hall–Kier alpha value is -6.59. The van der Waals surface area contributed by atoms with Gasteiger partial charge < -0.3 is 20.0 Å². The molecule has 0 fully saturated rings. The molecule has 0 aliphatic rings. The lowest BCUT2D eigenvalue weighted by Crippen LogP contribution is -2.24. The molecule has 0 aliphatic heterocycles. The summed E-state index contributed by atoms with van der Waals surface area (Å²) < 4.78 is 0. The lowest BCUT2D eigenvalue weighted by molar-refractivity contribution is 0.852. The molecule has 0 aliphatic carbocycles. The summed E-state index contributed by atoms with van der Waals surface area (Å²) in [5, 5.41) is 3.60. The zero-order valence-corrected chi connectivity index (χ0v) is 33.9. The van der Waals surface area contributed by atoms with Crippen LogP contribution in [-0.4, -0.2) is 29.9 Å². The second-order valence-corrected chi connectivity index (χ2v) is 14.5. The largest absolute Gasteiger partial charge is 0.381 e. The maximum atomic E-state index is 6.87. The van der Waals surface area contributed by atoms with Crippen LogP contribution in [0.5, 0.6) is 0 Å². The summed E-state index contributed by atoms with van der Waals surface area (Å²) in [6.07, 6.45) is 0. The maximum Gasteiger partial charge on any atom is 0.236 e. The van der Waals surface area contributed by atoms with E-state index in [-0.39, 0.29) is 15.9 Å². The molecule has 292 valence electrons. The minimum Gasteiger partial charge on any atom is -0.381 e. The molecule has 0 saturated heterocycles. The Labute approximate surface area is 357 Å². The standard InChI is InChI=1S/C46H37Cl3N10/c47-41-51-42(48)53-44(52-41)58(31-35-19-9-3-10-20-35)39-25-14-26-40(28-39)59(32-36-21-11-4-12-22-36)46-55-43(49)54-45(56-46)57(30-34-17-7-2-8-18-34)38-24-13-23-37(27-38)50-29-33-15-5-1-6-16-33/h1-28,50H,29-32H2. The molecule has 0 atom stereocenters. The summed E-state index contributed by atoms with van der Waals surface area (Å²) in [6.45, 7) is 2.00. The molecule has 0 spiro atoms. The molecule has 1 N–H and O–H groups in total. The molecular weight excluding hydrogens is 799 g/mol. The summed E-state index contributed by atoms with van der Waals surface area (Å²) in [7, 11) is 0. The van der Waals surface area contributed by atoms with Gasteiger partial charge in [0, 0.05) is 29.3 Å². The van der Waals surface area contributed by atoms with Gasteiger partial charge in [0.25, 0.3) is 0 Å². The highest BCUT2D eigenvalue weighted by molar-refractivity contribution is 6.31. The Morgan fingerprint density at radius 2 is 0.712 bits per heavy atom. The predicted molar refractivity (Wildman–Crippen MR) is 238 cm³/mol.